The van der Waals surface area contributed by atoms with E-state index in [0.29, 0.717) is 11.4 Å². The van der Waals surface area contributed by atoms with E-state index in [1.807, 2.05) is 0 Å². The molecule has 0 aliphatic rings. The predicted molar refractivity (Wildman–Crippen MR) is 88.1 cm³/mol. The average Bonchev–Trinajstić information content (AvgIpc) is 2.58. The number of aliphatic hydroxyl groups excluding tert-OH is 1. The Kier molecular flexibility index (Phi) is 5.94. The van der Waals surface area contributed by atoms with Crippen molar-refractivity contribution in [2.45, 2.75) is 18.7 Å². The molecular weight excluding hydrogens is 335 g/mol. The first kappa shape index (κ1) is 18.4. The molecule has 0 saturated carbocycles. The van der Waals surface area contributed by atoms with Crippen LogP contribution < -0.4 is 10.5 Å². The summed E-state index contributed by atoms with van der Waals surface area (Å²) in [7, 11) is -3.30. The number of aromatic nitrogens is 2. The highest BCUT2D eigenvalue weighted by molar-refractivity contribution is 7.88. The molecule has 1 heterocycles. The normalized spacial score (nSPS) is 14.3. The van der Waals surface area contributed by atoms with Crippen molar-refractivity contribution < 1.29 is 17.9 Å². The van der Waals surface area contributed by atoms with Crippen LogP contribution in [0.2, 0.25) is 0 Å². The zero-order valence-electron chi connectivity index (χ0n) is 13.1. The van der Waals surface area contributed by atoms with E-state index in [4.69, 9.17) is 5.73 Å². The molecule has 0 aliphatic heterocycles. The van der Waals surface area contributed by atoms with Gasteiger partial charge in [0.15, 0.2) is 0 Å². The van der Waals surface area contributed by atoms with E-state index in [-0.39, 0.29) is 6.54 Å². The number of rotatable bonds is 7. The summed E-state index contributed by atoms with van der Waals surface area (Å²) in [6.07, 6.45) is 3.15. The number of hydrogen-bond acceptors (Lipinski definition) is 6. The lowest BCUT2D eigenvalue weighted by Crippen LogP contribution is -2.30. The minimum absolute atomic E-state index is 0.0192. The van der Waals surface area contributed by atoms with Crippen LogP contribution in [0.1, 0.15) is 17.5 Å². The summed E-state index contributed by atoms with van der Waals surface area (Å²) >= 11 is 0. The largest absolute Gasteiger partial charge is 0.387 e. The highest BCUT2D eigenvalue weighted by Gasteiger charge is 2.16. The molecule has 9 heteroatoms. The third-order valence-electron chi connectivity index (χ3n) is 3.37. The lowest BCUT2D eigenvalue weighted by Gasteiger charge is -2.16. The van der Waals surface area contributed by atoms with Gasteiger partial charge in [0, 0.05) is 18.0 Å². The van der Waals surface area contributed by atoms with Crippen molar-refractivity contribution >= 4 is 10.0 Å². The smallest absolute Gasteiger partial charge is 0.209 e. The average molecular weight is 354 g/mol. The Morgan fingerprint density at radius 3 is 2.29 bits per heavy atom. The maximum atomic E-state index is 12.5. The summed E-state index contributed by atoms with van der Waals surface area (Å²) in [6.45, 7) is -0.787. The minimum atomic E-state index is -3.30. The Morgan fingerprint density at radius 1 is 1.21 bits per heavy atom. The van der Waals surface area contributed by atoms with Crippen molar-refractivity contribution in [2.75, 3.05) is 12.9 Å². The van der Waals surface area contributed by atoms with Crippen molar-refractivity contribution in [3.63, 3.8) is 0 Å². The molecule has 0 fully saturated rings. The fourth-order valence-corrected chi connectivity index (χ4v) is 2.39. The lowest BCUT2D eigenvalue weighted by molar-refractivity contribution is 0.132. The van der Waals surface area contributed by atoms with Crippen molar-refractivity contribution in [3.8, 4) is 11.1 Å². The molecule has 130 valence electrons. The van der Waals surface area contributed by atoms with E-state index in [9.17, 15) is 17.9 Å². The van der Waals surface area contributed by atoms with Crippen LogP contribution in [0.25, 0.3) is 11.1 Å². The standard InChI is InChI=1S/C15H19FN4O3S/c1-24(22,23)20-9-14-18-7-12(8-19-14)10-2-4-11(5-3-10)15(21)13(17)6-16/h2-5,7-8,13,15,20-21H,6,9,17H2,1H3. The SMILES string of the molecule is CS(=O)(=O)NCc1ncc(-c2ccc(C(O)C(N)CF)cc2)cn1. The van der Waals surface area contributed by atoms with Gasteiger partial charge in [-0.25, -0.2) is 27.5 Å². The summed E-state index contributed by atoms with van der Waals surface area (Å²) < 4.78 is 36.9. The van der Waals surface area contributed by atoms with Gasteiger partial charge in [0.25, 0.3) is 0 Å². The zero-order valence-corrected chi connectivity index (χ0v) is 13.9. The molecular formula is C15H19FN4O3S. The monoisotopic (exact) mass is 354 g/mol. The molecule has 24 heavy (non-hydrogen) atoms. The number of halogens is 1. The first-order valence-electron chi connectivity index (χ1n) is 7.15. The summed E-state index contributed by atoms with van der Waals surface area (Å²) in [6, 6.07) is 5.86. The summed E-state index contributed by atoms with van der Waals surface area (Å²) in [5.74, 6) is 0.352. The van der Waals surface area contributed by atoms with E-state index in [1.54, 1.807) is 36.7 Å². The molecule has 2 atom stereocenters. The van der Waals surface area contributed by atoms with Crippen LogP contribution in [0.3, 0.4) is 0 Å². The third-order valence-corrected chi connectivity index (χ3v) is 4.04. The fraction of sp³-hybridized carbons (Fsp3) is 0.333. The van der Waals surface area contributed by atoms with Crippen molar-refractivity contribution in [3.05, 3.63) is 48.0 Å². The van der Waals surface area contributed by atoms with Crippen LogP contribution in [0.15, 0.2) is 36.7 Å². The number of nitrogens with two attached hydrogens (primary N) is 1. The van der Waals surface area contributed by atoms with Gasteiger partial charge in [-0.15, -0.1) is 0 Å². The number of hydrogen-bond donors (Lipinski definition) is 3. The number of aliphatic hydroxyl groups is 1. The van der Waals surface area contributed by atoms with Gasteiger partial charge in [-0.3, -0.25) is 0 Å². The molecule has 4 N–H and O–H groups in total. The van der Waals surface area contributed by atoms with Crippen LogP contribution in [-0.2, 0) is 16.6 Å². The van der Waals surface area contributed by atoms with Gasteiger partial charge < -0.3 is 10.8 Å². The Hall–Kier alpha value is -1.94. The fourth-order valence-electron chi connectivity index (χ4n) is 2.00. The molecule has 0 amide bonds. The number of benzene rings is 1. The van der Waals surface area contributed by atoms with E-state index in [1.165, 1.54) is 0 Å². The predicted octanol–water partition coefficient (Wildman–Crippen LogP) is 0.523. The molecule has 0 bridgehead atoms. The second kappa shape index (κ2) is 7.75. The molecule has 2 unspecified atom stereocenters. The number of nitrogens with zero attached hydrogens (tertiary/aromatic N) is 2. The van der Waals surface area contributed by atoms with Crippen molar-refractivity contribution in [2.24, 2.45) is 5.73 Å². The first-order valence-corrected chi connectivity index (χ1v) is 9.05. The molecule has 0 spiro atoms. The van der Waals surface area contributed by atoms with Crippen LogP contribution >= 0.6 is 0 Å². The van der Waals surface area contributed by atoms with Gasteiger partial charge in [-0.1, -0.05) is 24.3 Å². The Bertz CT molecular complexity index is 766. The Morgan fingerprint density at radius 2 is 1.79 bits per heavy atom. The Balaban J connectivity index is 2.09. The van der Waals surface area contributed by atoms with E-state index in [2.05, 4.69) is 14.7 Å². The molecule has 1 aromatic carbocycles. The number of nitrogens with one attached hydrogen (secondary N) is 1. The summed E-state index contributed by atoms with van der Waals surface area (Å²) in [5, 5.41) is 9.87. The first-order chi connectivity index (χ1) is 11.3. The topological polar surface area (TPSA) is 118 Å². The second-order valence-electron chi connectivity index (χ2n) is 5.37. The van der Waals surface area contributed by atoms with Gasteiger partial charge in [-0.05, 0) is 11.1 Å². The third kappa shape index (κ3) is 5.03. The highest BCUT2D eigenvalue weighted by atomic mass is 32.2. The van der Waals surface area contributed by atoms with Gasteiger partial charge in [-0.2, -0.15) is 0 Å². The molecule has 0 aliphatic carbocycles. The van der Waals surface area contributed by atoms with E-state index >= 15 is 0 Å². The van der Waals surface area contributed by atoms with Gasteiger partial charge in [0.05, 0.1) is 24.9 Å². The van der Waals surface area contributed by atoms with Crippen molar-refractivity contribution in [1.82, 2.24) is 14.7 Å². The quantitative estimate of drug-likeness (QED) is 0.667. The maximum absolute atomic E-state index is 12.5. The Labute approximate surface area is 139 Å². The van der Waals surface area contributed by atoms with E-state index in [0.717, 1.165) is 17.4 Å². The van der Waals surface area contributed by atoms with Crippen LogP contribution in [0.4, 0.5) is 4.39 Å². The van der Waals surface area contributed by atoms with Gasteiger partial charge in [0.1, 0.15) is 12.5 Å². The van der Waals surface area contributed by atoms with Crippen LogP contribution in [-0.4, -0.2) is 42.5 Å². The summed E-state index contributed by atoms with van der Waals surface area (Å²) in [5.41, 5.74) is 7.54. The van der Waals surface area contributed by atoms with Crippen molar-refractivity contribution in [1.29, 1.82) is 0 Å². The van der Waals surface area contributed by atoms with Gasteiger partial charge >= 0.3 is 0 Å². The summed E-state index contributed by atoms with van der Waals surface area (Å²) in [4.78, 5) is 8.20. The minimum Gasteiger partial charge on any atom is -0.387 e. The molecule has 2 aromatic rings. The highest BCUT2D eigenvalue weighted by Crippen LogP contribution is 2.22. The molecule has 0 radical (unpaired) electrons. The number of alkyl halides is 1. The van der Waals surface area contributed by atoms with Crippen LogP contribution in [0, 0.1) is 0 Å². The lowest BCUT2D eigenvalue weighted by atomic mass is 10.0. The zero-order chi connectivity index (χ0) is 17.7. The van der Waals surface area contributed by atoms with E-state index < -0.39 is 28.8 Å². The number of sulfonamides is 1. The van der Waals surface area contributed by atoms with Gasteiger partial charge in [0.2, 0.25) is 10.0 Å². The van der Waals surface area contributed by atoms with Crippen LogP contribution in [0.5, 0.6) is 0 Å². The maximum Gasteiger partial charge on any atom is 0.209 e. The molecule has 2 rings (SSSR count). The molecule has 1 aromatic heterocycles. The molecule has 7 nitrogen and oxygen atoms in total. The second-order valence-corrected chi connectivity index (χ2v) is 7.20. The molecule has 0 saturated heterocycles.